The Morgan fingerprint density at radius 2 is 1.77 bits per heavy atom. The van der Waals surface area contributed by atoms with Gasteiger partial charge in [-0.15, -0.1) is 0 Å². The zero-order valence-electron chi connectivity index (χ0n) is 15.9. The van der Waals surface area contributed by atoms with Crippen molar-refractivity contribution < 1.29 is 5.11 Å². The second-order valence-electron chi connectivity index (χ2n) is 6.82. The van der Waals surface area contributed by atoms with Crippen LogP contribution in [-0.2, 0) is 0 Å². The molecular weight excluding hydrogens is 392 g/mol. The molecule has 0 aliphatic heterocycles. The molecule has 0 unspecified atom stereocenters. The number of aromatic nitrogens is 3. The average Bonchev–Trinajstić information content (AvgIpc) is 2.88. The SMILES string of the molecule is CC[C@@H](CO)Nc1nc(C)nc2c1c(C)cn2-c1c(C)cc(Br)cc1C. The van der Waals surface area contributed by atoms with Gasteiger partial charge in [0.05, 0.1) is 23.7 Å². The minimum Gasteiger partial charge on any atom is -0.394 e. The first-order valence-electron chi connectivity index (χ1n) is 8.86. The molecule has 3 rings (SSSR count). The summed E-state index contributed by atoms with van der Waals surface area (Å²) in [5.41, 5.74) is 5.50. The third-order valence-corrected chi connectivity index (χ3v) is 5.16. The molecule has 1 atom stereocenters. The van der Waals surface area contributed by atoms with Gasteiger partial charge in [0.2, 0.25) is 0 Å². The highest BCUT2D eigenvalue weighted by Crippen LogP contribution is 2.32. The predicted molar refractivity (Wildman–Crippen MR) is 110 cm³/mol. The molecule has 2 heterocycles. The van der Waals surface area contributed by atoms with Gasteiger partial charge < -0.3 is 15.0 Å². The van der Waals surface area contributed by atoms with Gasteiger partial charge in [0.25, 0.3) is 0 Å². The van der Waals surface area contributed by atoms with Crippen LogP contribution in [0.2, 0.25) is 0 Å². The maximum absolute atomic E-state index is 9.56. The third-order valence-electron chi connectivity index (χ3n) is 4.70. The van der Waals surface area contributed by atoms with Crippen LogP contribution in [0.1, 0.15) is 35.9 Å². The molecule has 26 heavy (non-hydrogen) atoms. The van der Waals surface area contributed by atoms with Crippen LogP contribution in [0.3, 0.4) is 0 Å². The summed E-state index contributed by atoms with van der Waals surface area (Å²) in [5, 5.41) is 14.0. The van der Waals surface area contributed by atoms with Gasteiger partial charge in [-0.2, -0.15) is 0 Å². The number of anilines is 1. The Balaban J connectivity index is 2.26. The maximum atomic E-state index is 9.56. The molecule has 0 aliphatic carbocycles. The fourth-order valence-corrected chi connectivity index (χ4v) is 4.13. The molecule has 0 saturated heterocycles. The summed E-state index contributed by atoms with van der Waals surface area (Å²) in [6.07, 6.45) is 2.94. The molecule has 0 amide bonds. The Morgan fingerprint density at radius 3 is 2.35 bits per heavy atom. The molecule has 2 N–H and O–H groups in total. The number of fused-ring (bicyclic) bond motifs is 1. The van der Waals surface area contributed by atoms with Crippen LogP contribution in [0.5, 0.6) is 0 Å². The van der Waals surface area contributed by atoms with Crippen molar-refractivity contribution in [3.63, 3.8) is 0 Å². The van der Waals surface area contributed by atoms with Crippen LogP contribution in [0.15, 0.2) is 22.8 Å². The van der Waals surface area contributed by atoms with Crippen LogP contribution >= 0.6 is 15.9 Å². The van der Waals surface area contributed by atoms with E-state index in [1.807, 2.05) is 13.8 Å². The molecule has 138 valence electrons. The third kappa shape index (κ3) is 3.35. The molecule has 6 heteroatoms. The number of benzene rings is 1. The van der Waals surface area contributed by atoms with E-state index < -0.39 is 0 Å². The van der Waals surface area contributed by atoms with Crippen molar-refractivity contribution in [2.75, 3.05) is 11.9 Å². The molecule has 0 fully saturated rings. The number of aliphatic hydroxyl groups excluding tert-OH is 1. The number of hydrogen-bond acceptors (Lipinski definition) is 4. The summed E-state index contributed by atoms with van der Waals surface area (Å²) in [4.78, 5) is 9.34. The number of aliphatic hydroxyl groups is 1. The standard InChI is InChI=1S/C20H25BrN4O/c1-6-16(10-26)24-19-17-13(4)9-25(20(17)23-14(5)22-19)18-11(2)7-15(21)8-12(18)3/h7-9,16,26H,6,10H2,1-5H3,(H,22,23,24)/t16-/m0/s1. The summed E-state index contributed by atoms with van der Waals surface area (Å²) in [6.45, 7) is 10.3. The number of nitrogens with zero attached hydrogens (tertiary/aromatic N) is 3. The van der Waals surface area contributed by atoms with E-state index in [0.29, 0.717) is 5.82 Å². The van der Waals surface area contributed by atoms with E-state index in [2.05, 4.69) is 69.9 Å². The van der Waals surface area contributed by atoms with Gasteiger partial charge in [-0.25, -0.2) is 9.97 Å². The van der Waals surface area contributed by atoms with E-state index in [9.17, 15) is 5.11 Å². The lowest BCUT2D eigenvalue weighted by molar-refractivity contribution is 0.271. The lowest BCUT2D eigenvalue weighted by Gasteiger charge is -2.17. The summed E-state index contributed by atoms with van der Waals surface area (Å²) in [7, 11) is 0. The maximum Gasteiger partial charge on any atom is 0.150 e. The first-order valence-corrected chi connectivity index (χ1v) is 9.65. The second-order valence-corrected chi connectivity index (χ2v) is 7.74. The Labute approximate surface area is 162 Å². The van der Waals surface area contributed by atoms with Gasteiger partial charge in [0, 0.05) is 10.7 Å². The summed E-state index contributed by atoms with van der Waals surface area (Å²) >= 11 is 3.57. The van der Waals surface area contributed by atoms with Crippen molar-refractivity contribution in [3.05, 3.63) is 45.3 Å². The van der Waals surface area contributed by atoms with Gasteiger partial charge >= 0.3 is 0 Å². The largest absolute Gasteiger partial charge is 0.394 e. The minimum atomic E-state index is -0.0218. The first kappa shape index (κ1) is 18.9. The van der Waals surface area contributed by atoms with Crippen LogP contribution in [-0.4, -0.2) is 32.3 Å². The summed E-state index contributed by atoms with van der Waals surface area (Å²) in [5.74, 6) is 1.50. The predicted octanol–water partition coefficient (Wildman–Crippen LogP) is 4.60. The topological polar surface area (TPSA) is 63.0 Å². The average molecular weight is 417 g/mol. The van der Waals surface area contributed by atoms with Crippen molar-refractivity contribution in [1.82, 2.24) is 14.5 Å². The Bertz CT molecular complexity index is 937. The summed E-state index contributed by atoms with van der Waals surface area (Å²) in [6, 6.07) is 4.22. The monoisotopic (exact) mass is 416 g/mol. The number of rotatable bonds is 5. The molecule has 0 radical (unpaired) electrons. The van der Waals surface area contributed by atoms with Gasteiger partial charge in [-0.1, -0.05) is 22.9 Å². The molecule has 0 spiro atoms. The number of nitrogens with one attached hydrogen (secondary N) is 1. The van der Waals surface area contributed by atoms with Crippen molar-refractivity contribution in [2.45, 2.75) is 47.1 Å². The summed E-state index contributed by atoms with van der Waals surface area (Å²) < 4.78 is 3.23. The number of halogens is 1. The van der Waals surface area contributed by atoms with E-state index in [1.54, 1.807) is 0 Å². The number of aryl methyl sites for hydroxylation is 4. The van der Waals surface area contributed by atoms with E-state index in [-0.39, 0.29) is 12.6 Å². The normalized spacial score (nSPS) is 12.6. The molecular formula is C20H25BrN4O. The van der Waals surface area contributed by atoms with Crippen LogP contribution < -0.4 is 5.32 Å². The van der Waals surface area contributed by atoms with Gasteiger partial charge in [0.1, 0.15) is 11.6 Å². The van der Waals surface area contributed by atoms with Crippen molar-refractivity contribution in [2.24, 2.45) is 0 Å². The Morgan fingerprint density at radius 1 is 1.12 bits per heavy atom. The molecule has 0 bridgehead atoms. The second kappa shape index (κ2) is 7.37. The van der Waals surface area contributed by atoms with Crippen molar-refractivity contribution >= 4 is 32.8 Å². The molecule has 0 aliphatic rings. The van der Waals surface area contributed by atoms with E-state index in [4.69, 9.17) is 4.98 Å². The molecule has 2 aromatic heterocycles. The molecule has 0 saturated carbocycles. The van der Waals surface area contributed by atoms with Crippen LogP contribution in [0.25, 0.3) is 16.7 Å². The fraction of sp³-hybridized carbons (Fsp3) is 0.400. The van der Waals surface area contributed by atoms with Crippen LogP contribution in [0.4, 0.5) is 5.82 Å². The van der Waals surface area contributed by atoms with Gasteiger partial charge in [-0.3, -0.25) is 0 Å². The Kier molecular flexibility index (Phi) is 5.34. The Hall–Kier alpha value is -1.92. The smallest absolute Gasteiger partial charge is 0.150 e. The molecule has 1 aromatic carbocycles. The minimum absolute atomic E-state index is 0.0218. The van der Waals surface area contributed by atoms with Crippen molar-refractivity contribution in [1.29, 1.82) is 0 Å². The number of hydrogen-bond donors (Lipinski definition) is 2. The highest BCUT2D eigenvalue weighted by Gasteiger charge is 2.18. The van der Waals surface area contributed by atoms with Gasteiger partial charge in [0.15, 0.2) is 5.65 Å². The first-order chi connectivity index (χ1) is 12.3. The van der Waals surface area contributed by atoms with E-state index >= 15 is 0 Å². The molecule has 3 aromatic rings. The fourth-order valence-electron chi connectivity index (χ4n) is 3.44. The highest BCUT2D eigenvalue weighted by molar-refractivity contribution is 9.10. The van der Waals surface area contributed by atoms with E-state index in [0.717, 1.165) is 39.0 Å². The lowest BCUT2D eigenvalue weighted by Crippen LogP contribution is -2.23. The van der Waals surface area contributed by atoms with Gasteiger partial charge in [-0.05, 0) is 62.9 Å². The lowest BCUT2D eigenvalue weighted by atomic mass is 10.1. The molecule has 5 nitrogen and oxygen atoms in total. The van der Waals surface area contributed by atoms with E-state index in [1.165, 1.54) is 11.1 Å². The highest BCUT2D eigenvalue weighted by atomic mass is 79.9. The zero-order chi connectivity index (χ0) is 19.0. The van der Waals surface area contributed by atoms with Crippen LogP contribution in [0, 0.1) is 27.7 Å². The van der Waals surface area contributed by atoms with Crippen molar-refractivity contribution in [3.8, 4) is 5.69 Å². The quantitative estimate of drug-likeness (QED) is 0.637. The zero-order valence-corrected chi connectivity index (χ0v) is 17.5.